The monoisotopic (exact) mass is 375 g/mol. The molecule has 0 aliphatic heterocycles. The number of fused-ring (bicyclic) bond motifs is 3. The first-order valence-electron chi connectivity index (χ1n) is 9.47. The number of nitrogens with zero attached hydrogens (tertiary/aromatic N) is 1. The lowest BCUT2D eigenvalue weighted by Crippen LogP contribution is -1.90. The second-order valence-corrected chi connectivity index (χ2v) is 7.04. The van der Waals surface area contributed by atoms with E-state index in [1.807, 2.05) is 18.2 Å². The third-order valence-corrected chi connectivity index (χ3v) is 5.37. The van der Waals surface area contributed by atoms with Crippen LogP contribution in [-0.2, 0) is 0 Å². The van der Waals surface area contributed by atoms with Crippen molar-refractivity contribution in [3.8, 4) is 0 Å². The largest absolute Gasteiger partial charge is 0.277 e. The fourth-order valence-corrected chi connectivity index (χ4v) is 4.02. The van der Waals surface area contributed by atoms with Gasteiger partial charge in [0.2, 0.25) is 0 Å². The van der Waals surface area contributed by atoms with Crippen molar-refractivity contribution in [3.63, 3.8) is 0 Å². The number of hydrogen-bond donors (Lipinski definition) is 0. The van der Waals surface area contributed by atoms with E-state index in [9.17, 15) is 10.1 Å². The minimum Gasteiger partial charge on any atom is -0.258 e. The van der Waals surface area contributed by atoms with Crippen molar-refractivity contribution in [2.75, 3.05) is 0 Å². The Labute approximate surface area is 167 Å². The Hall–Kier alpha value is -3.98. The van der Waals surface area contributed by atoms with Crippen molar-refractivity contribution in [3.05, 3.63) is 112 Å². The van der Waals surface area contributed by atoms with Crippen molar-refractivity contribution >= 4 is 50.2 Å². The van der Waals surface area contributed by atoms with E-state index in [2.05, 4.69) is 66.7 Å². The molecule has 0 aliphatic carbocycles. The van der Waals surface area contributed by atoms with E-state index in [0.29, 0.717) is 5.39 Å². The lowest BCUT2D eigenvalue weighted by molar-refractivity contribution is -0.383. The Kier molecular flexibility index (Phi) is 4.07. The summed E-state index contributed by atoms with van der Waals surface area (Å²) in [6.07, 6.45) is 4.18. The van der Waals surface area contributed by atoms with Crippen LogP contribution < -0.4 is 0 Å². The van der Waals surface area contributed by atoms with Gasteiger partial charge in [-0.1, -0.05) is 84.9 Å². The molecule has 0 fully saturated rings. The molecule has 0 N–H and O–H groups in total. The molecule has 0 saturated carbocycles. The Morgan fingerprint density at radius 1 is 0.621 bits per heavy atom. The van der Waals surface area contributed by atoms with Gasteiger partial charge in [-0.25, -0.2) is 0 Å². The Morgan fingerprint density at radius 3 is 1.90 bits per heavy atom. The maximum absolute atomic E-state index is 11.4. The Balaban J connectivity index is 1.74. The van der Waals surface area contributed by atoms with Gasteiger partial charge in [-0.05, 0) is 50.2 Å². The summed E-state index contributed by atoms with van der Waals surface area (Å²) < 4.78 is 0. The molecule has 0 saturated heterocycles. The van der Waals surface area contributed by atoms with Crippen LogP contribution >= 0.6 is 0 Å². The summed E-state index contributed by atoms with van der Waals surface area (Å²) >= 11 is 0. The molecule has 3 heteroatoms. The lowest BCUT2D eigenvalue weighted by atomic mass is 9.95. The lowest BCUT2D eigenvalue weighted by Gasteiger charge is -2.09. The molecule has 0 amide bonds. The third-order valence-electron chi connectivity index (χ3n) is 5.37. The van der Waals surface area contributed by atoms with E-state index in [1.165, 1.54) is 21.5 Å². The summed E-state index contributed by atoms with van der Waals surface area (Å²) in [6, 6.07) is 29.8. The molecule has 0 aromatic heterocycles. The first-order chi connectivity index (χ1) is 14.2. The molecule has 0 heterocycles. The van der Waals surface area contributed by atoms with Crippen LogP contribution in [0.1, 0.15) is 11.1 Å². The van der Waals surface area contributed by atoms with Gasteiger partial charge in [-0.3, -0.25) is 10.1 Å². The molecule has 29 heavy (non-hydrogen) atoms. The van der Waals surface area contributed by atoms with Crippen LogP contribution in [0, 0.1) is 10.1 Å². The summed E-state index contributed by atoms with van der Waals surface area (Å²) in [7, 11) is 0. The van der Waals surface area contributed by atoms with Crippen molar-refractivity contribution in [1.82, 2.24) is 0 Å². The summed E-state index contributed by atoms with van der Waals surface area (Å²) in [6.45, 7) is 0. The highest BCUT2D eigenvalue weighted by Crippen LogP contribution is 2.32. The van der Waals surface area contributed by atoms with Crippen molar-refractivity contribution in [1.29, 1.82) is 0 Å². The molecule has 0 unspecified atom stereocenters. The van der Waals surface area contributed by atoms with Crippen LogP contribution in [0.3, 0.4) is 0 Å². The molecular weight excluding hydrogens is 358 g/mol. The molecule has 5 aromatic carbocycles. The summed E-state index contributed by atoms with van der Waals surface area (Å²) in [4.78, 5) is 11.1. The maximum atomic E-state index is 11.4. The molecular formula is C26H17NO2. The average Bonchev–Trinajstić information content (AvgIpc) is 2.76. The SMILES string of the molecule is O=[N+]([O-])c1cccc2c(/C=C/c3c4ccccc4cc4ccccc34)cccc12. The highest BCUT2D eigenvalue weighted by atomic mass is 16.6. The minimum absolute atomic E-state index is 0.133. The molecule has 5 aromatic rings. The van der Waals surface area contributed by atoms with Crippen molar-refractivity contribution in [2.24, 2.45) is 0 Å². The third kappa shape index (κ3) is 2.93. The van der Waals surface area contributed by atoms with E-state index in [-0.39, 0.29) is 10.6 Å². The zero-order valence-electron chi connectivity index (χ0n) is 15.6. The molecule has 5 rings (SSSR count). The average molecular weight is 375 g/mol. The number of nitro benzene ring substituents is 1. The predicted octanol–water partition coefficient (Wildman–Crippen LogP) is 7.22. The number of non-ortho nitro benzene ring substituents is 1. The van der Waals surface area contributed by atoms with Gasteiger partial charge in [-0.2, -0.15) is 0 Å². The van der Waals surface area contributed by atoms with Gasteiger partial charge in [0.05, 0.1) is 10.3 Å². The quantitative estimate of drug-likeness (QED) is 0.144. The smallest absolute Gasteiger partial charge is 0.258 e. The zero-order chi connectivity index (χ0) is 19.8. The number of nitro groups is 1. The van der Waals surface area contributed by atoms with Crippen molar-refractivity contribution < 1.29 is 4.92 Å². The van der Waals surface area contributed by atoms with E-state index in [0.717, 1.165) is 16.5 Å². The highest BCUT2D eigenvalue weighted by Gasteiger charge is 2.12. The fraction of sp³-hybridized carbons (Fsp3) is 0. The topological polar surface area (TPSA) is 43.1 Å². The Bertz CT molecular complexity index is 1380. The van der Waals surface area contributed by atoms with E-state index >= 15 is 0 Å². The molecule has 0 spiro atoms. The molecule has 0 aliphatic rings. The van der Waals surface area contributed by atoms with Crippen LogP contribution in [-0.4, -0.2) is 4.92 Å². The summed E-state index contributed by atoms with van der Waals surface area (Å²) in [5, 5.41) is 17.7. The number of benzene rings is 5. The molecule has 0 bridgehead atoms. The van der Waals surface area contributed by atoms with E-state index < -0.39 is 0 Å². The van der Waals surface area contributed by atoms with E-state index in [1.54, 1.807) is 18.2 Å². The highest BCUT2D eigenvalue weighted by molar-refractivity contribution is 6.08. The maximum Gasteiger partial charge on any atom is 0.277 e. The van der Waals surface area contributed by atoms with Crippen molar-refractivity contribution in [2.45, 2.75) is 0 Å². The first-order valence-corrected chi connectivity index (χ1v) is 9.47. The fourth-order valence-electron chi connectivity index (χ4n) is 4.02. The van der Waals surface area contributed by atoms with Gasteiger partial charge < -0.3 is 0 Å². The van der Waals surface area contributed by atoms with Gasteiger partial charge in [0, 0.05) is 6.07 Å². The van der Waals surface area contributed by atoms with Crippen LogP contribution in [0.2, 0.25) is 0 Å². The van der Waals surface area contributed by atoms with Gasteiger partial charge in [-0.15, -0.1) is 0 Å². The second-order valence-electron chi connectivity index (χ2n) is 7.04. The van der Waals surface area contributed by atoms with Crippen LogP contribution in [0.5, 0.6) is 0 Å². The van der Waals surface area contributed by atoms with Crippen LogP contribution in [0.15, 0.2) is 91.0 Å². The van der Waals surface area contributed by atoms with Crippen LogP contribution in [0.4, 0.5) is 5.69 Å². The summed E-state index contributed by atoms with van der Waals surface area (Å²) in [5.74, 6) is 0. The zero-order valence-corrected chi connectivity index (χ0v) is 15.6. The molecule has 0 radical (unpaired) electrons. The summed E-state index contributed by atoms with van der Waals surface area (Å²) in [5.41, 5.74) is 2.25. The van der Waals surface area contributed by atoms with Crippen LogP contribution in [0.25, 0.3) is 44.5 Å². The number of rotatable bonds is 3. The standard InChI is InChI=1S/C26H17NO2/c28-27(29)26-14-6-12-21-18(9-5-13-25(21)26)15-16-24-22-10-3-1-7-19(22)17-20-8-2-4-11-23(20)24/h1-17H/b16-15+. The predicted molar refractivity (Wildman–Crippen MR) is 121 cm³/mol. The number of hydrogen-bond acceptors (Lipinski definition) is 2. The first kappa shape index (κ1) is 17.1. The van der Waals surface area contributed by atoms with Gasteiger partial charge in [0.25, 0.3) is 5.69 Å². The normalized spacial score (nSPS) is 11.6. The minimum atomic E-state index is -0.325. The Morgan fingerprint density at radius 2 is 1.21 bits per heavy atom. The van der Waals surface area contributed by atoms with Gasteiger partial charge >= 0.3 is 0 Å². The van der Waals surface area contributed by atoms with E-state index in [4.69, 9.17) is 0 Å². The second kappa shape index (κ2) is 6.88. The van der Waals surface area contributed by atoms with Gasteiger partial charge in [0.15, 0.2) is 0 Å². The molecule has 3 nitrogen and oxygen atoms in total. The molecule has 138 valence electrons. The van der Waals surface area contributed by atoms with Gasteiger partial charge in [0.1, 0.15) is 0 Å². The molecule has 0 atom stereocenters.